The van der Waals surface area contributed by atoms with Crippen LogP contribution in [0.25, 0.3) is 5.57 Å². The molecule has 1 heterocycles. The monoisotopic (exact) mass is 232 g/mol. The van der Waals surface area contributed by atoms with Crippen molar-refractivity contribution in [3.63, 3.8) is 0 Å². The average Bonchev–Trinajstić information content (AvgIpc) is 2.96. The first-order chi connectivity index (χ1) is 7.86. The van der Waals surface area contributed by atoms with E-state index in [1.807, 2.05) is 0 Å². The van der Waals surface area contributed by atoms with E-state index >= 15 is 0 Å². The van der Waals surface area contributed by atoms with Crippen molar-refractivity contribution < 1.29 is 4.79 Å². The molecule has 0 N–H and O–H groups in total. The SMILES string of the molecule is O=CC12CC=C(c3cccs3)C1CCCC2. The molecule has 1 nitrogen and oxygen atoms in total. The number of allylic oxidation sites excluding steroid dienone is 2. The van der Waals surface area contributed by atoms with Crippen molar-refractivity contribution in [3.05, 3.63) is 28.5 Å². The summed E-state index contributed by atoms with van der Waals surface area (Å²) in [5, 5.41) is 2.12. The van der Waals surface area contributed by atoms with Gasteiger partial charge in [0.25, 0.3) is 0 Å². The molecule has 0 radical (unpaired) electrons. The van der Waals surface area contributed by atoms with Crippen LogP contribution in [-0.2, 0) is 4.79 Å². The molecule has 2 atom stereocenters. The Balaban J connectivity index is 1.96. The summed E-state index contributed by atoms with van der Waals surface area (Å²) in [5.41, 5.74) is 1.40. The minimum absolute atomic E-state index is 0.0441. The molecule has 16 heavy (non-hydrogen) atoms. The fourth-order valence-corrected chi connectivity index (χ4v) is 4.14. The molecule has 2 aliphatic rings. The van der Waals surface area contributed by atoms with Crippen molar-refractivity contribution in [1.29, 1.82) is 0 Å². The van der Waals surface area contributed by atoms with Crippen molar-refractivity contribution >= 4 is 23.2 Å². The second-order valence-electron chi connectivity index (χ2n) is 4.99. The molecular formula is C14H16OS. The van der Waals surface area contributed by atoms with Crippen LogP contribution in [0, 0.1) is 11.3 Å². The lowest BCUT2D eigenvalue weighted by molar-refractivity contribution is -0.118. The van der Waals surface area contributed by atoms with Gasteiger partial charge in [0, 0.05) is 10.3 Å². The van der Waals surface area contributed by atoms with E-state index in [0.29, 0.717) is 5.92 Å². The molecule has 0 spiro atoms. The number of aldehydes is 1. The summed E-state index contributed by atoms with van der Waals surface area (Å²) in [6.07, 6.45) is 9.32. The van der Waals surface area contributed by atoms with Gasteiger partial charge in [0.05, 0.1) is 0 Å². The quantitative estimate of drug-likeness (QED) is 0.706. The van der Waals surface area contributed by atoms with E-state index in [9.17, 15) is 4.79 Å². The fourth-order valence-electron chi connectivity index (χ4n) is 3.32. The summed E-state index contributed by atoms with van der Waals surface area (Å²) in [4.78, 5) is 12.8. The van der Waals surface area contributed by atoms with E-state index < -0.39 is 0 Å². The van der Waals surface area contributed by atoms with Gasteiger partial charge in [-0.1, -0.05) is 25.0 Å². The predicted octanol–water partition coefficient (Wildman–Crippen LogP) is 3.91. The fraction of sp³-hybridized carbons (Fsp3) is 0.500. The van der Waals surface area contributed by atoms with Gasteiger partial charge in [0.1, 0.15) is 6.29 Å². The number of carbonyl (C=O) groups excluding carboxylic acids is 1. The van der Waals surface area contributed by atoms with Gasteiger partial charge in [0.15, 0.2) is 0 Å². The van der Waals surface area contributed by atoms with Crippen LogP contribution < -0.4 is 0 Å². The minimum Gasteiger partial charge on any atom is -0.303 e. The van der Waals surface area contributed by atoms with Crippen LogP contribution in [0.4, 0.5) is 0 Å². The van der Waals surface area contributed by atoms with Crippen LogP contribution in [0.2, 0.25) is 0 Å². The molecule has 0 aromatic carbocycles. The maximum Gasteiger partial charge on any atom is 0.127 e. The van der Waals surface area contributed by atoms with Crippen LogP contribution in [0.15, 0.2) is 23.6 Å². The van der Waals surface area contributed by atoms with E-state index in [2.05, 4.69) is 23.6 Å². The van der Waals surface area contributed by atoms with Gasteiger partial charge in [0.2, 0.25) is 0 Å². The van der Waals surface area contributed by atoms with Gasteiger partial charge in [-0.25, -0.2) is 0 Å². The molecular weight excluding hydrogens is 216 g/mol. The Bertz CT molecular complexity index is 418. The first-order valence-electron chi connectivity index (χ1n) is 6.06. The largest absolute Gasteiger partial charge is 0.303 e. The Morgan fingerprint density at radius 2 is 2.38 bits per heavy atom. The molecule has 3 rings (SSSR count). The highest BCUT2D eigenvalue weighted by Gasteiger charge is 2.45. The van der Waals surface area contributed by atoms with Gasteiger partial charge < -0.3 is 4.79 Å². The summed E-state index contributed by atoms with van der Waals surface area (Å²) in [5.74, 6) is 0.498. The lowest BCUT2D eigenvalue weighted by atomic mass is 9.67. The lowest BCUT2D eigenvalue weighted by Crippen LogP contribution is -2.32. The Labute approximate surface area is 100 Å². The smallest absolute Gasteiger partial charge is 0.127 e. The highest BCUT2D eigenvalue weighted by molar-refractivity contribution is 7.11. The molecule has 0 bridgehead atoms. The van der Waals surface area contributed by atoms with Crippen molar-refractivity contribution in [1.82, 2.24) is 0 Å². The predicted molar refractivity (Wildman–Crippen MR) is 67.4 cm³/mol. The Hall–Kier alpha value is -0.890. The standard InChI is InChI=1S/C14H16OS/c15-10-14-7-2-1-4-12(14)11(6-8-14)13-5-3-9-16-13/h3,5-6,9-10,12H,1-2,4,7-8H2. The molecule has 0 aliphatic heterocycles. The van der Waals surface area contributed by atoms with Gasteiger partial charge in [-0.05, 0) is 42.2 Å². The van der Waals surface area contributed by atoms with Gasteiger partial charge in [-0.15, -0.1) is 11.3 Å². The van der Waals surface area contributed by atoms with Crippen molar-refractivity contribution in [2.45, 2.75) is 32.1 Å². The maximum absolute atomic E-state index is 11.4. The zero-order valence-corrected chi connectivity index (χ0v) is 10.1. The molecule has 1 aromatic heterocycles. The summed E-state index contributed by atoms with van der Waals surface area (Å²) < 4.78 is 0. The van der Waals surface area contributed by atoms with Crippen LogP contribution in [0.5, 0.6) is 0 Å². The van der Waals surface area contributed by atoms with Gasteiger partial charge >= 0.3 is 0 Å². The van der Waals surface area contributed by atoms with Crippen molar-refractivity contribution in [3.8, 4) is 0 Å². The number of thiophene rings is 1. The first kappa shape index (κ1) is 10.3. The number of carbonyl (C=O) groups is 1. The maximum atomic E-state index is 11.4. The summed E-state index contributed by atoms with van der Waals surface area (Å²) in [7, 11) is 0. The van der Waals surface area contributed by atoms with E-state index in [0.717, 1.165) is 12.8 Å². The van der Waals surface area contributed by atoms with E-state index in [4.69, 9.17) is 0 Å². The van der Waals surface area contributed by atoms with Gasteiger partial charge in [-0.2, -0.15) is 0 Å². The van der Waals surface area contributed by atoms with E-state index in [-0.39, 0.29) is 5.41 Å². The van der Waals surface area contributed by atoms with Crippen LogP contribution in [0.3, 0.4) is 0 Å². The second-order valence-corrected chi connectivity index (χ2v) is 5.94. The normalized spacial score (nSPS) is 33.2. The highest BCUT2D eigenvalue weighted by atomic mass is 32.1. The Kier molecular flexibility index (Phi) is 2.47. The third kappa shape index (κ3) is 1.40. The summed E-state index contributed by atoms with van der Waals surface area (Å²) in [6.45, 7) is 0. The molecule has 1 fully saturated rings. The Morgan fingerprint density at radius 3 is 3.12 bits per heavy atom. The molecule has 0 amide bonds. The minimum atomic E-state index is -0.0441. The Morgan fingerprint density at radius 1 is 1.44 bits per heavy atom. The molecule has 2 aliphatic carbocycles. The summed E-state index contributed by atoms with van der Waals surface area (Å²) >= 11 is 1.80. The molecule has 0 saturated heterocycles. The third-order valence-corrected chi connectivity index (χ3v) is 5.12. The highest BCUT2D eigenvalue weighted by Crippen LogP contribution is 2.54. The van der Waals surface area contributed by atoms with Gasteiger partial charge in [-0.3, -0.25) is 0 Å². The molecule has 1 aromatic rings. The van der Waals surface area contributed by atoms with Crippen molar-refractivity contribution in [2.24, 2.45) is 11.3 Å². The number of rotatable bonds is 2. The zero-order chi connectivity index (χ0) is 11.0. The topological polar surface area (TPSA) is 17.1 Å². The van der Waals surface area contributed by atoms with E-state index in [1.165, 1.54) is 36.0 Å². The number of hydrogen-bond donors (Lipinski definition) is 0. The van der Waals surface area contributed by atoms with Crippen LogP contribution in [-0.4, -0.2) is 6.29 Å². The van der Waals surface area contributed by atoms with Crippen LogP contribution >= 0.6 is 11.3 Å². The molecule has 2 unspecified atom stereocenters. The first-order valence-corrected chi connectivity index (χ1v) is 6.94. The molecule has 84 valence electrons. The zero-order valence-electron chi connectivity index (χ0n) is 9.32. The van der Waals surface area contributed by atoms with E-state index in [1.54, 1.807) is 11.3 Å². The second kappa shape index (κ2) is 3.85. The molecule has 1 saturated carbocycles. The lowest BCUT2D eigenvalue weighted by Gasteiger charge is -2.36. The summed E-state index contributed by atoms with van der Waals surface area (Å²) in [6, 6.07) is 4.29. The average molecular weight is 232 g/mol. The third-order valence-electron chi connectivity index (χ3n) is 4.20. The molecule has 2 heteroatoms. The number of hydrogen-bond acceptors (Lipinski definition) is 2. The number of fused-ring (bicyclic) bond motifs is 1. The van der Waals surface area contributed by atoms with Crippen LogP contribution in [0.1, 0.15) is 37.0 Å². The van der Waals surface area contributed by atoms with Crippen molar-refractivity contribution in [2.75, 3.05) is 0 Å².